The fraction of sp³-hybridized carbons (Fsp3) is 0.786. The standard InChI is InChI=1S/C14H21F3O6/c1-4-9(2)13(20)22-8-7-21-11(18)5-6-12(19)23-10(3)14(15,16)17/h9-10H,4-8H2,1-3H3. The average Bonchev–Trinajstić information content (AvgIpc) is 2.47. The van der Waals surface area contributed by atoms with Crippen LogP contribution in [0, 0.1) is 5.92 Å². The van der Waals surface area contributed by atoms with Gasteiger partial charge in [-0.25, -0.2) is 0 Å². The van der Waals surface area contributed by atoms with Crippen molar-refractivity contribution in [3.63, 3.8) is 0 Å². The van der Waals surface area contributed by atoms with Gasteiger partial charge in [0.05, 0.1) is 18.8 Å². The summed E-state index contributed by atoms with van der Waals surface area (Å²) in [6.07, 6.45) is -7.19. The highest BCUT2D eigenvalue weighted by atomic mass is 19.4. The topological polar surface area (TPSA) is 78.9 Å². The fourth-order valence-electron chi connectivity index (χ4n) is 1.21. The normalized spacial score (nSPS) is 13.8. The van der Waals surface area contributed by atoms with Crippen LogP contribution < -0.4 is 0 Å². The molecule has 0 aliphatic rings. The molecule has 6 nitrogen and oxygen atoms in total. The van der Waals surface area contributed by atoms with E-state index in [0.717, 1.165) is 0 Å². The molecule has 23 heavy (non-hydrogen) atoms. The summed E-state index contributed by atoms with van der Waals surface area (Å²) in [5.74, 6) is -2.60. The van der Waals surface area contributed by atoms with E-state index in [4.69, 9.17) is 4.74 Å². The van der Waals surface area contributed by atoms with Gasteiger partial charge in [0.1, 0.15) is 13.2 Å². The van der Waals surface area contributed by atoms with E-state index in [0.29, 0.717) is 13.3 Å². The van der Waals surface area contributed by atoms with Crippen LogP contribution in [0.2, 0.25) is 0 Å². The van der Waals surface area contributed by atoms with Crippen molar-refractivity contribution in [2.45, 2.75) is 52.3 Å². The third-order valence-corrected chi connectivity index (χ3v) is 2.91. The molecule has 2 atom stereocenters. The van der Waals surface area contributed by atoms with Crippen molar-refractivity contribution < 1.29 is 41.8 Å². The van der Waals surface area contributed by atoms with Crippen molar-refractivity contribution in [2.75, 3.05) is 13.2 Å². The molecule has 0 saturated heterocycles. The minimum Gasteiger partial charge on any atom is -0.462 e. The maximum atomic E-state index is 12.2. The SMILES string of the molecule is CCC(C)C(=O)OCCOC(=O)CCC(=O)OC(C)C(F)(F)F. The van der Waals surface area contributed by atoms with Crippen LogP contribution in [0.1, 0.15) is 40.0 Å². The minimum atomic E-state index is -4.64. The molecule has 0 spiro atoms. The predicted molar refractivity (Wildman–Crippen MR) is 72.2 cm³/mol. The molecule has 0 N–H and O–H groups in total. The fourth-order valence-corrected chi connectivity index (χ4v) is 1.21. The highest BCUT2D eigenvalue weighted by Gasteiger charge is 2.39. The van der Waals surface area contributed by atoms with Gasteiger partial charge in [0, 0.05) is 0 Å². The van der Waals surface area contributed by atoms with Crippen molar-refractivity contribution in [2.24, 2.45) is 5.92 Å². The lowest BCUT2D eigenvalue weighted by Crippen LogP contribution is -2.31. The maximum absolute atomic E-state index is 12.2. The van der Waals surface area contributed by atoms with Gasteiger partial charge in [-0.15, -0.1) is 0 Å². The number of alkyl halides is 3. The lowest BCUT2D eigenvalue weighted by atomic mass is 10.1. The molecular formula is C14H21F3O6. The largest absolute Gasteiger partial charge is 0.462 e. The number of esters is 3. The average molecular weight is 342 g/mol. The van der Waals surface area contributed by atoms with Crippen molar-refractivity contribution in [3.05, 3.63) is 0 Å². The van der Waals surface area contributed by atoms with E-state index in [9.17, 15) is 27.6 Å². The number of rotatable bonds is 9. The van der Waals surface area contributed by atoms with E-state index in [1.165, 1.54) is 0 Å². The number of carbonyl (C=O) groups is 3. The molecule has 0 saturated carbocycles. The number of halogens is 3. The van der Waals surface area contributed by atoms with Crippen LogP contribution in [-0.2, 0) is 28.6 Å². The second-order valence-corrected chi connectivity index (χ2v) is 4.87. The van der Waals surface area contributed by atoms with E-state index >= 15 is 0 Å². The van der Waals surface area contributed by atoms with Crippen LogP contribution in [0.3, 0.4) is 0 Å². The van der Waals surface area contributed by atoms with Crippen molar-refractivity contribution in [3.8, 4) is 0 Å². The summed E-state index contributed by atoms with van der Waals surface area (Å²) in [7, 11) is 0. The van der Waals surface area contributed by atoms with Gasteiger partial charge in [-0.2, -0.15) is 13.2 Å². The highest BCUT2D eigenvalue weighted by molar-refractivity contribution is 5.77. The maximum Gasteiger partial charge on any atom is 0.425 e. The summed E-state index contributed by atoms with van der Waals surface area (Å²) in [5, 5.41) is 0. The zero-order valence-corrected chi connectivity index (χ0v) is 13.3. The molecule has 134 valence electrons. The third kappa shape index (κ3) is 9.75. The van der Waals surface area contributed by atoms with Gasteiger partial charge in [-0.05, 0) is 13.3 Å². The van der Waals surface area contributed by atoms with Gasteiger partial charge in [0.25, 0.3) is 0 Å². The molecule has 0 rings (SSSR count). The Balaban J connectivity index is 3.83. The molecule has 0 aliphatic carbocycles. The lowest BCUT2D eigenvalue weighted by Gasteiger charge is -2.16. The first-order chi connectivity index (χ1) is 10.6. The Bertz CT molecular complexity index is 408. The van der Waals surface area contributed by atoms with Crippen LogP contribution in [-0.4, -0.2) is 43.4 Å². The molecule has 0 fully saturated rings. The Hall–Kier alpha value is -1.80. The van der Waals surface area contributed by atoms with Gasteiger partial charge in [-0.1, -0.05) is 13.8 Å². The van der Waals surface area contributed by atoms with Crippen molar-refractivity contribution >= 4 is 17.9 Å². The van der Waals surface area contributed by atoms with Crippen LogP contribution in [0.25, 0.3) is 0 Å². The molecule has 9 heteroatoms. The van der Waals surface area contributed by atoms with Gasteiger partial charge in [-0.3, -0.25) is 14.4 Å². The first-order valence-electron chi connectivity index (χ1n) is 7.16. The Morgan fingerprint density at radius 1 is 0.957 bits per heavy atom. The van der Waals surface area contributed by atoms with Gasteiger partial charge >= 0.3 is 24.1 Å². The summed E-state index contributed by atoms with van der Waals surface area (Å²) in [4.78, 5) is 33.7. The summed E-state index contributed by atoms with van der Waals surface area (Å²) in [6.45, 7) is 3.91. The molecule has 0 amide bonds. The van der Waals surface area contributed by atoms with Crippen LogP contribution in [0.15, 0.2) is 0 Å². The Morgan fingerprint density at radius 3 is 2.00 bits per heavy atom. The Kier molecular flexibility index (Phi) is 9.28. The number of carbonyl (C=O) groups excluding carboxylic acids is 3. The number of hydrogen-bond donors (Lipinski definition) is 0. The lowest BCUT2D eigenvalue weighted by molar-refractivity contribution is -0.216. The molecule has 0 aromatic heterocycles. The molecular weight excluding hydrogens is 321 g/mol. The smallest absolute Gasteiger partial charge is 0.425 e. The minimum absolute atomic E-state index is 0.121. The van der Waals surface area contributed by atoms with Crippen molar-refractivity contribution in [1.29, 1.82) is 0 Å². The molecule has 0 bridgehead atoms. The number of hydrogen-bond acceptors (Lipinski definition) is 6. The molecule has 2 unspecified atom stereocenters. The first kappa shape index (κ1) is 21.2. The zero-order chi connectivity index (χ0) is 18.0. The van der Waals surface area contributed by atoms with Gasteiger partial charge < -0.3 is 14.2 Å². The zero-order valence-electron chi connectivity index (χ0n) is 13.3. The number of ether oxygens (including phenoxy) is 3. The second-order valence-electron chi connectivity index (χ2n) is 4.87. The van der Waals surface area contributed by atoms with E-state index < -0.39 is 43.0 Å². The monoisotopic (exact) mass is 342 g/mol. The summed E-state index contributed by atoms with van der Waals surface area (Å²) >= 11 is 0. The molecule has 0 aromatic rings. The van der Waals surface area contributed by atoms with Gasteiger partial charge in [0.2, 0.25) is 0 Å². The Morgan fingerprint density at radius 2 is 1.48 bits per heavy atom. The van der Waals surface area contributed by atoms with E-state index in [2.05, 4.69) is 9.47 Å². The first-order valence-corrected chi connectivity index (χ1v) is 7.16. The van der Waals surface area contributed by atoms with Crippen molar-refractivity contribution in [1.82, 2.24) is 0 Å². The molecule has 0 radical (unpaired) electrons. The second kappa shape index (κ2) is 10.1. The summed E-state index contributed by atoms with van der Waals surface area (Å²) in [6, 6.07) is 0. The highest BCUT2D eigenvalue weighted by Crippen LogP contribution is 2.22. The third-order valence-electron chi connectivity index (χ3n) is 2.91. The molecule has 0 heterocycles. The van der Waals surface area contributed by atoms with Gasteiger partial charge in [0.15, 0.2) is 6.10 Å². The van der Waals surface area contributed by atoms with Crippen LogP contribution in [0.4, 0.5) is 13.2 Å². The van der Waals surface area contributed by atoms with E-state index in [-0.39, 0.29) is 19.1 Å². The van der Waals surface area contributed by atoms with E-state index in [1.807, 2.05) is 6.92 Å². The summed E-state index contributed by atoms with van der Waals surface area (Å²) < 4.78 is 50.1. The quantitative estimate of drug-likeness (QED) is 0.364. The molecule has 0 aliphatic heterocycles. The summed E-state index contributed by atoms with van der Waals surface area (Å²) in [5.41, 5.74) is 0. The van der Waals surface area contributed by atoms with Crippen LogP contribution >= 0.6 is 0 Å². The Labute approximate surface area is 132 Å². The molecule has 0 aromatic carbocycles. The van der Waals surface area contributed by atoms with Crippen LogP contribution in [0.5, 0.6) is 0 Å². The van der Waals surface area contributed by atoms with E-state index in [1.54, 1.807) is 6.92 Å². The predicted octanol–water partition coefficient (Wildman–Crippen LogP) is 2.39.